The first-order valence-corrected chi connectivity index (χ1v) is 7.14. The van der Waals surface area contributed by atoms with Crippen LogP contribution in [-0.4, -0.2) is 9.78 Å². The third-order valence-electron chi connectivity index (χ3n) is 3.10. The van der Waals surface area contributed by atoms with Crippen LogP contribution in [0.25, 0.3) is 0 Å². The van der Waals surface area contributed by atoms with E-state index in [9.17, 15) is 4.79 Å². The van der Waals surface area contributed by atoms with E-state index in [4.69, 9.17) is 16.3 Å². The van der Waals surface area contributed by atoms with Gasteiger partial charge in [-0.25, -0.2) is 4.68 Å². The standard InChI is InChI=1S/C17H13ClN2O2/c18-16-15(22-14-9-5-2-6-10-14)11-19-20(17(16)21)12-13-7-3-1-4-8-13/h1-11H,12H2. The maximum Gasteiger partial charge on any atom is 0.289 e. The number of benzene rings is 2. The molecule has 0 saturated heterocycles. The van der Waals surface area contributed by atoms with Crippen molar-refractivity contribution in [1.82, 2.24) is 9.78 Å². The molecule has 3 rings (SSSR count). The molecule has 2 aromatic carbocycles. The van der Waals surface area contributed by atoms with Crippen LogP contribution in [0.1, 0.15) is 5.56 Å². The smallest absolute Gasteiger partial charge is 0.289 e. The Kier molecular flexibility index (Phi) is 4.21. The molecule has 0 N–H and O–H groups in total. The second kappa shape index (κ2) is 6.45. The number of nitrogens with zero attached hydrogens (tertiary/aromatic N) is 2. The summed E-state index contributed by atoms with van der Waals surface area (Å²) in [6.45, 7) is 0.366. The monoisotopic (exact) mass is 312 g/mol. The average molecular weight is 313 g/mol. The van der Waals surface area contributed by atoms with Gasteiger partial charge in [0.15, 0.2) is 10.8 Å². The molecule has 0 unspecified atom stereocenters. The predicted molar refractivity (Wildman–Crippen MR) is 85.6 cm³/mol. The van der Waals surface area contributed by atoms with E-state index >= 15 is 0 Å². The lowest BCUT2D eigenvalue weighted by molar-refractivity contribution is 0.470. The van der Waals surface area contributed by atoms with Gasteiger partial charge in [-0.05, 0) is 17.7 Å². The molecule has 0 fully saturated rings. The molecule has 110 valence electrons. The van der Waals surface area contributed by atoms with Crippen molar-refractivity contribution in [3.05, 3.63) is 87.8 Å². The summed E-state index contributed by atoms with van der Waals surface area (Å²) >= 11 is 6.12. The van der Waals surface area contributed by atoms with Crippen LogP contribution in [-0.2, 0) is 6.54 Å². The molecule has 0 spiro atoms. The van der Waals surface area contributed by atoms with Gasteiger partial charge in [-0.2, -0.15) is 5.10 Å². The highest BCUT2D eigenvalue weighted by atomic mass is 35.5. The number of hydrogen-bond acceptors (Lipinski definition) is 3. The zero-order chi connectivity index (χ0) is 15.4. The molecule has 5 heteroatoms. The number of aromatic nitrogens is 2. The lowest BCUT2D eigenvalue weighted by Crippen LogP contribution is -2.23. The van der Waals surface area contributed by atoms with Crippen molar-refractivity contribution in [2.24, 2.45) is 0 Å². The topological polar surface area (TPSA) is 44.1 Å². The molecule has 0 aliphatic carbocycles. The highest BCUT2D eigenvalue weighted by molar-refractivity contribution is 6.31. The highest BCUT2D eigenvalue weighted by Gasteiger charge is 2.11. The van der Waals surface area contributed by atoms with Crippen LogP contribution < -0.4 is 10.3 Å². The maximum atomic E-state index is 12.3. The molecule has 3 aromatic rings. The number of halogens is 1. The first kappa shape index (κ1) is 14.4. The Labute approximate surface area is 132 Å². The summed E-state index contributed by atoms with van der Waals surface area (Å²) in [6.07, 6.45) is 1.46. The summed E-state index contributed by atoms with van der Waals surface area (Å²) in [5, 5.41) is 4.15. The van der Waals surface area contributed by atoms with Crippen molar-refractivity contribution in [3.8, 4) is 11.5 Å². The molecule has 0 saturated carbocycles. The van der Waals surface area contributed by atoms with Crippen molar-refractivity contribution in [1.29, 1.82) is 0 Å². The van der Waals surface area contributed by atoms with Crippen LogP contribution in [0.15, 0.2) is 71.7 Å². The molecule has 0 amide bonds. The van der Waals surface area contributed by atoms with Gasteiger partial charge < -0.3 is 4.74 Å². The third kappa shape index (κ3) is 3.18. The molecule has 4 nitrogen and oxygen atoms in total. The molecule has 0 aliphatic rings. The first-order chi connectivity index (χ1) is 10.7. The zero-order valence-electron chi connectivity index (χ0n) is 11.6. The summed E-state index contributed by atoms with van der Waals surface area (Å²) in [5.41, 5.74) is 0.601. The maximum absolute atomic E-state index is 12.3. The van der Waals surface area contributed by atoms with E-state index in [-0.39, 0.29) is 16.3 Å². The quantitative estimate of drug-likeness (QED) is 0.737. The number of hydrogen-bond donors (Lipinski definition) is 0. The van der Waals surface area contributed by atoms with Gasteiger partial charge in [-0.15, -0.1) is 0 Å². The Morgan fingerprint density at radius 3 is 2.32 bits per heavy atom. The number of rotatable bonds is 4. The second-order valence-electron chi connectivity index (χ2n) is 4.69. The third-order valence-corrected chi connectivity index (χ3v) is 3.45. The van der Waals surface area contributed by atoms with Crippen LogP contribution in [0.4, 0.5) is 0 Å². The van der Waals surface area contributed by atoms with Gasteiger partial charge in [0, 0.05) is 0 Å². The lowest BCUT2D eigenvalue weighted by atomic mass is 10.2. The van der Waals surface area contributed by atoms with E-state index in [1.54, 1.807) is 12.1 Å². The van der Waals surface area contributed by atoms with E-state index in [1.165, 1.54) is 10.9 Å². The summed E-state index contributed by atoms with van der Waals surface area (Å²) < 4.78 is 6.90. The van der Waals surface area contributed by atoms with Gasteiger partial charge >= 0.3 is 0 Å². The SMILES string of the molecule is O=c1c(Cl)c(Oc2ccccc2)cnn1Cc1ccccc1. The lowest BCUT2D eigenvalue weighted by Gasteiger charge is -2.09. The van der Waals surface area contributed by atoms with Gasteiger partial charge in [0.05, 0.1) is 12.7 Å². The minimum absolute atomic E-state index is 0.0229. The average Bonchev–Trinajstić information content (AvgIpc) is 2.56. The Morgan fingerprint density at radius 1 is 1.00 bits per heavy atom. The molecule has 0 radical (unpaired) electrons. The largest absolute Gasteiger partial charge is 0.454 e. The zero-order valence-corrected chi connectivity index (χ0v) is 12.4. The fraction of sp³-hybridized carbons (Fsp3) is 0.0588. The Bertz CT molecular complexity index is 817. The van der Waals surface area contributed by atoms with Crippen molar-refractivity contribution >= 4 is 11.6 Å². The van der Waals surface area contributed by atoms with Crippen LogP contribution in [0, 0.1) is 0 Å². The molecule has 1 heterocycles. The first-order valence-electron chi connectivity index (χ1n) is 6.76. The van der Waals surface area contributed by atoms with Crippen LogP contribution in [0.2, 0.25) is 5.02 Å². The van der Waals surface area contributed by atoms with Crippen molar-refractivity contribution in [2.75, 3.05) is 0 Å². The normalized spacial score (nSPS) is 10.4. The molecule has 22 heavy (non-hydrogen) atoms. The molecule has 0 bridgehead atoms. The highest BCUT2D eigenvalue weighted by Crippen LogP contribution is 2.25. The van der Waals surface area contributed by atoms with E-state index in [0.29, 0.717) is 12.3 Å². The minimum atomic E-state index is -0.376. The van der Waals surface area contributed by atoms with Gasteiger partial charge in [0.2, 0.25) is 0 Å². The summed E-state index contributed by atoms with van der Waals surface area (Å²) in [7, 11) is 0. The van der Waals surface area contributed by atoms with Gasteiger partial charge in [-0.1, -0.05) is 60.1 Å². The number of para-hydroxylation sites is 1. The Hall–Kier alpha value is -2.59. The predicted octanol–water partition coefficient (Wildman–Crippen LogP) is 3.74. The van der Waals surface area contributed by atoms with Crippen LogP contribution in [0.5, 0.6) is 11.5 Å². The number of ether oxygens (including phenoxy) is 1. The van der Waals surface area contributed by atoms with Crippen molar-refractivity contribution < 1.29 is 4.74 Å². The fourth-order valence-corrected chi connectivity index (χ4v) is 2.19. The second-order valence-corrected chi connectivity index (χ2v) is 5.06. The van der Waals surface area contributed by atoms with Gasteiger partial charge in [-0.3, -0.25) is 4.79 Å². The fourth-order valence-electron chi connectivity index (χ4n) is 2.01. The summed E-state index contributed by atoms with van der Waals surface area (Å²) in [5.74, 6) is 0.855. The Morgan fingerprint density at radius 2 is 1.64 bits per heavy atom. The minimum Gasteiger partial charge on any atom is -0.454 e. The van der Waals surface area contributed by atoms with E-state index in [1.807, 2.05) is 48.5 Å². The van der Waals surface area contributed by atoms with Gasteiger partial charge in [0.25, 0.3) is 5.56 Å². The molecular formula is C17H13ClN2O2. The van der Waals surface area contributed by atoms with E-state index in [0.717, 1.165) is 5.56 Å². The molecule has 0 aliphatic heterocycles. The summed E-state index contributed by atoms with van der Waals surface area (Å²) in [6, 6.07) is 18.7. The molecular weight excluding hydrogens is 300 g/mol. The molecule has 1 aromatic heterocycles. The summed E-state index contributed by atoms with van der Waals surface area (Å²) in [4.78, 5) is 12.3. The Balaban J connectivity index is 1.87. The van der Waals surface area contributed by atoms with Gasteiger partial charge in [0.1, 0.15) is 5.75 Å². The van der Waals surface area contributed by atoms with E-state index in [2.05, 4.69) is 5.10 Å². The molecule has 0 atom stereocenters. The van der Waals surface area contributed by atoms with Crippen LogP contribution in [0.3, 0.4) is 0 Å². The van der Waals surface area contributed by atoms with Crippen molar-refractivity contribution in [3.63, 3.8) is 0 Å². The van der Waals surface area contributed by atoms with Crippen molar-refractivity contribution in [2.45, 2.75) is 6.54 Å². The van der Waals surface area contributed by atoms with E-state index < -0.39 is 0 Å². The van der Waals surface area contributed by atoms with Crippen LogP contribution >= 0.6 is 11.6 Å².